The summed E-state index contributed by atoms with van der Waals surface area (Å²) in [6.45, 7) is 6.46. The number of aliphatic hydroxyl groups is 1. The van der Waals surface area contributed by atoms with Gasteiger partial charge in [0, 0.05) is 49.7 Å². The van der Waals surface area contributed by atoms with Gasteiger partial charge in [-0.3, -0.25) is 4.79 Å². The minimum absolute atomic E-state index is 0.196. The van der Waals surface area contributed by atoms with Crippen LogP contribution in [0.4, 0.5) is 26.7 Å². The third-order valence-corrected chi connectivity index (χ3v) is 8.48. The van der Waals surface area contributed by atoms with Crippen LogP contribution in [0.25, 0.3) is 0 Å². The van der Waals surface area contributed by atoms with Crippen LogP contribution < -0.4 is 25.4 Å². The Bertz CT molecular complexity index is 1520. The van der Waals surface area contributed by atoms with E-state index in [0.717, 1.165) is 19.3 Å². The van der Waals surface area contributed by atoms with Crippen molar-refractivity contribution in [1.82, 2.24) is 9.80 Å². The number of urea groups is 2. The Morgan fingerprint density at radius 2 is 1.65 bits per heavy atom. The number of fused-ring (bicyclic) bond motifs is 1. The summed E-state index contributed by atoms with van der Waals surface area (Å²) in [4.78, 5) is 43.5. The van der Waals surface area contributed by atoms with E-state index in [4.69, 9.17) is 14.2 Å². The van der Waals surface area contributed by atoms with E-state index in [1.165, 1.54) is 0 Å². The number of para-hydroxylation sites is 1. The number of amides is 5. The Morgan fingerprint density at radius 1 is 0.980 bits per heavy atom. The Morgan fingerprint density at radius 3 is 2.35 bits per heavy atom. The van der Waals surface area contributed by atoms with Crippen LogP contribution in [-0.2, 0) is 4.74 Å². The van der Waals surface area contributed by atoms with E-state index in [1.54, 1.807) is 73.3 Å². The molecule has 0 bridgehead atoms. The number of carbonyl (C=O) groups is 3. The predicted octanol–water partition coefficient (Wildman–Crippen LogP) is 6.30. The van der Waals surface area contributed by atoms with Crippen molar-refractivity contribution in [2.24, 2.45) is 5.92 Å². The van der Waals surface area contributed by atoms with E-state index in [1.807, 2.05) is 44.2 Å². The zero-order chi connectivity index (χ0) is 35.3. The molecule has 12 heteroatoms. The van der Waals surface area contributed by atoms with Gasteiger partial charge in [-0.1, -0.05) is 25.1 Å². The molecule has 0 spiro atoms. The second kappa shape index (κ2) is 18.1. The van der Waals surface area contributed by atoms with Crippen LogP contribution in [0.1, 0.15) is 50.4 Å². The number of anilines is 3. The van der Waals surface area contributed by atoms with Crippen LogP contribution in [-0.4, -0.2) is 91.6 Å². The minimum atomic E-state index is -0.539. The predicted molar refractivity (Wildman–Crippen MR) is 191 cm³/mol. The van der Waals surface area contributed by atoms with Gasteiger partial charge in [-0.25, -0.2) is 9.59 Å². The molecule has 0 aromatic heterocycles. The normalized spacial score (nSPS) is 19.3. The quantitative estimate of drug-likeness (QED) is 0.220. The Hall–Kier alpha value is -4.81. The lowest BCUT2D eigenvalue weighted by atomic mass is 10.0. The Balaban J connectivity index is 1.57. The maximum atomic E-state index is 14.4. The van der Waals surface area contributed by atoms with Crippen LogP contribution in [0.5, 0.6) is 11.5 Å². The van der Waals surface area contributed by atoms with Gasteiger partial charge in [0.25, 0.3) is 5.91 Å². The highest BCUT2D eigenvalue weighted by atomic mass is 16.5. The zero-order valence-electron chi connectivity index (χ0n) is 29.0. The molecule has 0 radical (unpaired) electrons. The van der Waals surface area contributed by atoms with Gasteiger partial charge in [-0.15, -0.1) is 0 Å². The number of methoxy groups -OCH3 is 1. The summed E-state index contributed by atoms with van der Waals surface area (Å²) in [6, 6.07) is 19.8. The van der Waals surface area contributed by atoms with Crippen molar-refractivity contribution >= 4 is 35.0 Å². The molecule has 264 valence electrons. The number of ether oxygens (including phenoxy) is 3. The molecule has 49 heavy (non-hydrogen) atoms. The van der Waals surface area contributed by atoms with Gasteiger partial charge in [0.1, 0.15) is 11.5 Å². The Kier molecular flexibility index (Phi) is 13.7. The lowest BCUT2D eigenvalue weighted by Gasteiger charge is -2.35. The van der Waals surface area contributed by atoms with Crippen molar-refractivity contribution < 1.29 is 33.7 Å². The Labute approximate surface area is 288 Å². The second-order valence-electron chi connectivity index (χ2n) is 12.5. The lowest BCUT2D eigenvalue weighted by Crippen LogP contribution is -2.48. The minimum Gasteiger partial charge on any atom is -0.497 e. The van der Waals surface area contributed by atoms with Crippen LogP contribution in [0, 0.1) is 5.92 Å². The number of aliphatic hydroxyl groups excluding tert-OH is 1. The maximum Gasteiger partial charge on any atom is 0.323 e. The van der Waals surface area contributed by atoms with E-state index in [2.05, 4.69) is 16.0 Å². The molecule has 4 rings (SSSR count). The number of nitrogens with zero attached hydrogens (tertiary/aromatic N) is 2. The first-order valence-electron chi connectivity index (χ1n) is 16.7. The van der Waals surface area contributed by atoms with E-state index < -0.39 is 18.2 Å². The van der Waals surface area contributed by atoms with Crippen molar-refractivity contribution in [3.63, 3.8) is 0 Å². The molecule has 0 fully saturated rings. The van der Waals surface area contributed by atoms with Gasteiger partial charge in [-0.2, -0.15) is 0 Å². The summed E-state index contributed by atoms with van der Waals surface area (Å²) >= 11 is 0. The van der Waals surface area contributed by atoms with Gasteiger partial charge in [0.2, 0.25) is 0 Å². The molecule has 3 aromatic carbocycles. The number of benzene rings is 3. The van der Waals surface area contributed by atoms with E-state index >= 15 is 0 Å². The highest BCUT2D eigenvalue weighted by molar-refractivity contribution is 6.02. The molecule has 1 aliphatic rings. The number of carbonyl (C=O) groups excluding carboxylic acids is 3. The molecular formula is C37H49N5O7. The third kappa shape index (κ3) is 10.8. The fraction of sp³-hybridized carbons (Fsp3) is 0.432. The van der Waals surface area contributed by atoms with Crippen molar-refractivity contribution in [1.29, 1.82) is 0 Å². The van der Waals surface area contributed by atoms with Crippen LogP contribution in [0.2, 0.25) is 0 Å². The molecule has 4 atom stereocenters. The van der Waals surface area contributed by atoms with Gasteiger partial charge < -0.3 is 45.1 Å². The highest BCUT2D eigenvalue weighted by Gasteiger charge is 2.31. The number of nitrogens with one attached hydrogen (secondary N) is 3. The standard InChI is InChI=1S/C37H49N5O7/c1-25-22-42(26(2)24-43)35(44)32-21-30(39-36(45)38-29-14-17-31(47-5)18-15-29)16-19-33(32)49-27(3)11-9-10-20-48-34(25)23-41(4)37(46)40-28-12-7-6-8-13-28/h6-8,12-19,21,25-27,34,43H,9-11,20,22-24H2,1-5H3,(H,40,46)(H2,38,39,45)/t25-,26-,27-,34+/m1/s1. The molecule has 1 heterocycles. The summed E-state index contributed by atoms with van der Waals surface area (Å²) in [5.74, 6) is 0.483. The second-order valence-corrected chi connectivity index (χ2v) is 12.5. The number of hydrogen-bond donors (Lipinski definition) is 4. The van der Waals surface area contributed by atoms with Gasteiger partial charge in [-0.05, 0) is 87.7 Å². The van der Waals surface area contributed by atoms with E-state index in [-0.39, 0.29) is 42.7 Å². The highest BCUT2D eigenvalue weighted by Crippen LogP contribution is 2.29. The first-order chi connectivity index (χ1) is 23.6. The molecule has 0 aliphatic carbocycles. The molecule has 0 saturated heterocycles. The molecule has 1 aliphatic heterocycles. The third-order valence-electron chi connectivity index (χ3n) is 8.48. The molecule has 0 saturated carbocycles. The summed E-state index contributed by atoms with van der Waals surface area (Å²) < 4.78 is 17.8. The van der Waals surface area contributed by atoms with Crippen molar-refractivity contribution in [3.05, 3.63) is 78.4 Å². The summed E-state index contributed by atoms with van der Waals surface area (Å²) in [7, 11) is 3.28. The average Bonchev–Trinajstić information content (AvgIpc) is 3.10. The van der Waals surface area contributed by atoms with Gasteiger partial charge in [0.15, 0.2) is 0 Å². The van der Waals surface area contributed by atoms with Crippen molar-refractivity contribution in [2.45, 2.75) is 58.3 Å². The zero-order valence-corrected chi connectivity index (χ0v) is 29.0. The van der Waals surface area contributed by atoms with Crippen molar-refractivity contribution in [3.8, 4) is 11.5 Å². The monoisotopic (exact) mass is 675 g/mol. The smallest absolute Gasteiger partial charge is 0.323 e. The molecule has 3 aromatic rings. The van der Waals surface area contributed by atoms with Gasteiger partial charge in [0.05, 0.1) is 37.5 Å². The van der Waals surface area contributed by atoms with Crippen LogP contribution >= 0.6 is 0 Å². The topological polar surface area (TPSA) is 142 Å². The molecular weight excluding hydrogens is 626 g/mol. The molecule has 4 N–H and O–H groups in total. The average molecular weight is 676 g/mol. The first-order valence-corrected chi connectivity index (χ1v) is 16.7. The fourth-order valence-electron chi connectivity index (χ4n) is 5.52. The number of likely N-dealkylation sites (N-methyl/N-ethyl adjacent to an activating group) is 1. The largest absolute Gasteiger partial charge is 0.497 e. The summed E-state index contributed by atoms with van der Waals surface area (Å²) in [6.07, 6.45) is 1.79. The molecule has 5 amide bonds. The summed E-state index contributed by atoms with van der Waals surface area (Å²) in [5.41, 5.74) is 1.92. The van der Waals surface area contributed by atoms with Gasteiger partial charge >= 0.3 is 12.1 Å². The van der Waals surface area contributed by atoms with Crippen molar-refractivity contribution in [2.75, 3.05) is 56.4 Å². The maximum absolute atomic E-state index is 14.4. The summed E-state index contributed by atoms with van der Waals surface area (Å²) in [5, 5.41) is 18.7. The van der Waals surface area contributed by atoms with E-state index in [0.29, 0.717) is 41.7 Å². The first kappa shape index (κ1) is 37.0. The number of rotatable bonds is 8. The molecule has 0 unspecified atom stereocenters. The van der Waals surface area contributed by atoms with E-state index in [9.17, 15) is 19.5 Å². The van der Waals surface area contributed by atoms with Crippen LogP contribution in [0.15, 0.2) is 72.8 Å². The van der Waals surface area contributed by atoms with Crippen LogP contribution in [0.3, 0.4) is 0 Å². The molecule has 12 nitrogen and oxygen atoms in total. The fourth-order valence-corrected chi connectivity index (χ4v) is 5.52. The lowest BCUT2D eigenvalue weighted by molar-refractivity contribution is -0.0115. The number of hydrogen-bond acceptors (Lipinski definition) is 7. The SMILES string of the molecule is COc1ccc(NC(=O)Nc2ccc3c(c2)C(=O)N([C@H](C)CO)C[C@@H](C)[C@H](CN(C)C(=O)Nc2ccccc2)OCCCC[C@@H](C)O3)cc1.